The topological polar surface area (TPSA) is 6.48 Å². The maximum absolute atomic E-state index is 2.72. The maximum Gasteiger partial charge on any atom is 0.264 e. The molecule has 0 spiro atoms. The summed E-state index contributed by atoms with van der Waals surface area (Å²) in [6.07, 6.45) is 7.17. The molecule has 12 rings (SSSR count). The van der Waals surface area contributed by atoms with Gasteiger partial charge in [0, 0.05) is 43.3 Å². The fourth-order valence-corrected chi connectivity index (χ4v) is 14.8. The van der Waals surface area contributed by atoms with E-state index < -0.39 is 0 Å². The standard InChI is InChI=1S/C63H69BN2S/c1-38-30-52-55-53(31-38)66(41-21-17-20-40(32-41)39-18-15-14-16-19-39)56-43-34-46-49(63(12,13)29-26-60(46,6)7)37-54(43)67-57(56)64(55)50-35-47-48(62(10,11)28-27-61(47,8)9)36-51(50)65(52)42-22-23-44-45(33-42)59(4,5)25-24-58(44,2)3/h14-23,30-37H,24-29H2,1-13H3. The normalized spacial score (nSPS) is 20.6. The molecule has 0 amide bonds. The van der Waals surface area contributed by atoms with Crippen molar-refractivity contribution in [1.82, 2.24) is 0 Å². The Morgan fingerprint density at radius 3 is 1.57 bits per heavy atom. The molecule has 0 bridgehead atoms. The van der Waals surface area contributed by atoms with Gasteiger partial charge in [-0.25, -0.2) is 0 Å². The first-order valence-electron chi connectivity index (χ1n) is 25.4. The third-order valence-electron chi connectivity index (χ3n) is 18.1. The lowest BCUT2D eigenvalue weighted by Gasteiger charge is -2.47. The van der Waals surface area contributed by atoms with E-state index in [0.717, 1.165) is 0 Å². The molecule has 2 nitrogen and oxygen atoms in total. The third-order valence-corrected chi connectivity index (χ3v) is 19.3. The summed E-state index contributed by atoms with van der Waals surface area (Å²) in [6, 6.07) is 43.6. The van der Waals surface area contributed by atoms with E-state index >= 15 is 0 Å². The molecular weight excluding hydrogens is 828 g/mol. The predicted octanol–water partition coefficient (Wildman–Crippen LogP) is 16.0. The molecule has 67 heavy (non-hydrogen) atoms. The van der Waals surface area contributed by atoms with Gasteiger partial charge in [-0.1, -0.05) is 138 Å². The second-order valence-electron chi connectivity index (χ2n) is 25.4. The summed E-state index contributed by atoms with van der Waals surface area (Å²) in [5, 5.41) is 1.39. The number of thiophene rings is 1. The molecule has 3 heterocycles. The number of aryl methyl sites for hydroxylation is 1. The highest BCUT2D eigenvalue weighted by Gasteiger charge is 2.49. The molecule has 4 heteroatoms. The van der Waals surface area contributed by atoms with Gasteiger partial charge in [-0.2, -0.15) is 0 Å². The number of rotatable bonds is 3. The third kappa shape index (κ3) is 6.33. The van der Waals surface area contributed by atoms with E-state index in [1.165, 1.54) is 149 Å². The van der Waals surface area contributed by atoms with Crippen molar-refractivity contribution in [2.75, 3.05) is 9.80 Å². The Morgan fingerprint density at radius 1 is 0.433 bits per heavy atom. The summed E-state index contributed by atoms with van der Waals surface area (Å²) in [7, 11) is 0. The highest BCUT2D eigenvalue weighted by Crippen LogP contribution is 2.55. The van der Waals surface area contributed by atoms with Crippen molar-refractivity contribution in [2.24, 2.45) is 0 Å². The molecule has 0 saturated heterocycles. The Kier molecular flexibility index (Phi) is 9.05. The van der Waals surface area contributed by atoms with Crippen LogP contribution in [0, 0.1) is 6.92 Å². The fraction of sp³-hybridized carbons (Fsp3) is 0.397. The van der Waals surface area contributed by atoms with E-state index in [9.17, 15) is 0 Å². The maximum atomic E-state index is 2.72. The second-order valence-corrected chi connectivity index (χ2v) is 26.5. The van der Waals surface area contributed by atoms with Crippen LogP contribution in [0.2, 0.25) is 0 Å². The van der Waals surface area contributed by atoms with Crippen molar-refractivity contribution in [1.29, 1.82) is 0 Å². The smallest absolute Gasteiger partial charge is 0.264 e. The average Bonchev–Trinajstić information content (AvgIpc) is 3.66. The molecule has 0 unspecified atom stereocenters. The zero-order valence-corrected chi connectivity index (χ0v) is 43.3. The van der Waals surface area contributed by atoms with Gasteiger partial charge in [0.1, 0.15) is 0 Å². The van der Waals surface area contributed by atoms with Gasteiger partial charge in [0.05, 0.1) is 5.69 Å². The van der Waals surface area contributed by atoms with Crippen LogP contribution in [0.15, 0.2) is 109 Å². The number of benzene rings is 6. The number of anilines is 6. The molecular formula is C63H69BN2S. The number of hydrogen-bond acceptors (Lipinski definition) is 3. The minimum atomic E-state index is 0.0695. The zero-order chi connectivity index (χ0) is 47.0. The Labute approximate surface area is 405 Å². The van der Waals surface area contributed by atoms with Gasteiger partial charge in [0.2, 0.25) is 0 Å². The molecule has 0 radical (unpaired) electrons. The molecule has 0 N–H and O–H groups in total. The molecule has 7 aromatic rings. The van der Waals surface area contributed by atoms with Crippen molar-refractivity contribution >= 4 is 78.0 Å². The summed E-state index contributed by atoms with van der Waals surface area (Å²) >= 11 is 2.07. The fourth-order valence-electron chi connectivity index (χ4n) is 13.5. The van der Waals surface area contributed by atoms with Gasteiger partial charge in [-0.05, 0) is 194 Å². The van der Waals surface area contributed by atoms with Gasteiger partial charge in [0.15, 0.2) is 0 Å². The summed E-state index contributed by atoms with van der Waals surface area (Å²) < 4.78 is 2.88. The van der Waals surface area contributed by atoms with Crippen molar-refractivity contribution < 1.29 is 0 Å². The van der Waals surface area contributed by atoms with Crippen LogP contribution in [0.3, 0.4) is 0 Å². The van der Waals surface area contributed by atoms with Crippen LogP contribution in [0.5, 0.6) is 0 Å². The van der Waals surface area contributed by atoms with Crippen LogP contribution in [0.4, 0.5) is 34.1 Å². The minimum absolute atomic E-state index is 0.0695. The minimum Gasteiger partial charge on any atom is -0.311 e. The van der Waals surface area contributed by atoms with Crippen LogP contribution in [0.1, 0.15) is 161 Å². The molecule has 0 fully saturated rings. The SMILES string of the molecule is Cc1cc2c3c(c1)N(c1cccc(-c4ccccc4)c1)c1c(sc4cc5c(cc14)C(C)(C)CCC5(C)C)B3c1cc3c(cc1N2c1ccc2c(c1)C(C)(C)CCC2(C)C)C(C)(C)CCC3(C)C. The van der Waals surface area contributed by atoms with Crippen LogP contribution >= 0.6 is 11.3 Å². The predicted molar refractivity (Wildman–Crippen MR) is 292 cm³/mol. The van der Waals surface area contributed by atoms with Gasteiger partial charge < -0.3 is 9.80 Å². The highest BCUT2D eigenvalue weighted by atomic mass is 32.1. The van der Waals surface area contributed by atoms with Gasteiger partial charge in [0.25, 0.3) is 6.71 Å². The van der Waals surface area contributed by atoms with E-state index in [1.54, 1.807) is 0 Å². The molecule has 1 aromatic heterocycles. The molecule has 0 atom stereocenters. The first-order chi connectivity index (χ1) is 31.6. The van der Waals surface area contributed by atoms with Crippen LogP contribution in [-0.4, -0.2) is 6.71 Å². The molecule has 5 aliphatic rings. The molecule has 3 aliphatic carbocycles. The Balaban J connectivity index is 1.21. The van der Waals surface area contributed by atoms with Crippen molar-refractivity contribution in [3.05, 3.63) is 148 Å². The molecule has 6 aromatic carbocycles. The first kappa shape index (κ1) is 43.2. The largest absolute Gasteiger partial charge is 0.311 e. The first-order valence-corrected chi connectivity index (χ1v) is 26.2. The Bertz CT molecular complexity index is 3230. The monoisotopic (exact) mass is 897 g/mol. The number of fused-ring (bicyclic) bond motifs is 9. The molecule has 340 valence electrons. The zero-order valence-electron chi connectivity index (χ0n) is 42.5. The van der Waals surface area contributed by atoms with E-state index in [-0.39, 0.29) is 39.2 Å². The second kappa shape index (κ2) is 14.0. The van der Waals surface area contributed by atoms with Crippen molar-refractivity contribution in [2.45, 2.75) is 161 Å². The summed E-state index contributed by atoms with van der Waals surface area (Å²) in [4.78, 5) is 5.41. The van der Waals surface area contributed by atoms with E-state index in [0.29, 0.717) is 0 Å². The van der Waals surface area contributed by atoms with E-state index in [1.807, 2.05) is 0 Å². The summed E-state index contributed by atoms with van der Waals surface area (Å²) in [5.74, 6) is 0. The summed E-state index contributed by atoms with van der Waals surface area (Å²) in [5.41, 5.74) is 24.2. The lowest BCUT2D eigenvalue weighted by atomic mass is 9.35. The van der Waals surface area contributed by atoms with E-state index in [2.05, 4.69) is 220 Å². The van der Waals surface area contributed by atoms with Gasteiger partial charge in [-0.15, -0.1) is 11.3 Å². The van der Waals surface area contributed by atoms with Gasteiger partial charge in [-0.3, -0.25) is 0 Å². The lowest BCUT2D eigenvalue weighted by Crippen LogP contribution is -2.61. The van der Waals surface area contributed by atoms with Gasteiger partial charge >= 0.3 is 0 Å². The van der Waals surface area contributed by atoms with Crippen LogP contribution in [-0.2, 0) is 32.5 Å². The van der Waals surface area contributed by atoms with Crippen molar-refractivity contribution in [3.63, 3.8) is 0 Å². The Hall–Kier alpha value is -5.06. The van der Waals surface area contributed by atoms with Crippen molar-refractivity contribution in [3.8, 4) is 11.1 Å². The quantitative estimate of drug-likeness (QED) is 0.163. The highest BCUT2D eigenvalue weighted by molar-refractivity contribution is 7.33. The van der Waals surface area contributed by atoms with Crippen LogP contribution < -0.4 is 25.5 Å². The van der Waals surface area contributed by atoms with E-state index in [4.69, 9.17) is 0 Å². The molecule has 2 aliphatic heterocycles. The number of nitrogens with zero attached hydrogens (tertiary/aromatic N) is 2. The average molecular weight is 897 g/mol. The lowest BCUT2D eigenvalue weighted by molar-refractivity contribution is 0.332. The number of hydrogen-bond donors (Lipinski definition) is 0. The molecule has 0 saturated carbocycles. The Morgan fingerprint density at radius 2 is 0.940 bits per heavy atom. The van der Waals surface area contributed by atoms with Crippen LogP contribution in [0.25, 0.3) is 21.2 Å². The summed E-state index contributed by atoms with van der Waals surface area (Å²) in [6.45, 7) is 32.2.